The van der Waals surface area contributed by atoms with Gasteiger partial charge in [-0.1, -0.05) is 18.0 Å². The van der Waals surface area contributed by atoms with Crippen molar-refractivity contribution in [1.82, 2.24) is 9.78 Å². The van der Waals surface area contributed by atoms with Crippen LogP contribution in [0, 0.1) is 5.92 Å². The molecule has 3 rings (SSSR count). The van der Waals surface area contributed by atoms with Crippen LogP contribution in [0.15, 0.2) is 11.0 Å². The van der Waals surface area contributed by atoms with E-state index in [4.69, 9.17) is 11.6 Å². The van der Waals surface area contributed by atoms with Gasteiger partial charge in [-0.2, -0.15) is 16.9 Å². The first-order chi connectivity index (χ1) is 10.1. The van der Waals surface area contributed by atoms with Crippen LogP contribution in [0.2, 0.25) is 5.02 Å². The number of rotatable bonds is 5. The highest BCUT2D eigenvalue weighted by Crippen LogP contribution is 2.37. The van der Waals surface area contributed by atoms with Gasteiger partial charge in [0.2, 0.25) is 0 Å². The molecule has 1 aromatic rings. The standard InChI is InChI=1S/C15H22ClN3OS/c1-15(6-3-7-21-15)10-17-13-12(16)8-18-19(14(13)20)9-11-4-2-5-11/h8,11,17H,2-7,9-10H2,1H3. The third kappa shape index (κ3) is 3.39. The molecule has 1 atom stereocenters. The third-order valence-corrected chi connectivity index (χ3v) is 6.42. The van der Waals surface area contributed by atoms with Crippen molar-refractivity contribution in [2.75, 3.05) is 17.6 Å². The van der Waals surface area contributed by atoms with E-state index in [1.165, 1.54) is 37.9 Å². The Balaban J connectivity index is 1.73. The molecule has 1 saturated heterocycles. The maximum absolute atomic E-state index is 12.5. The zero-order valence-corrected chi connectivity index (χ0v) is 14.0. The van der Waals surface area contributed by atoms with Gasteiger partial charge in [0.1, 0.15) is 5.69 Å². The average molecular weight is 328 g/mol. The smallest absolute Gasteiger partial charge is 0.291 e. The number of nitrogens with zero attached hydrogens (tertiary/aromatic N) is 2. The van der Waals surface area contributed by atoms with Gasteiger partial charge in [-0.15, -0.1) is 0 Å². The molecule has 21 heavy (non-hydrogen) atoms. The van der Waals surface area contributed by atoms with E-state index in [0.717, 1.165) is 13.1 Å². The van der Waals surface area contributed by atoms with Crippen molar-refractivity contribution < 1.29 is 0 Å². The summed E-state index contributed by atoms with van der Waals surface area (Å²) < 4.78 is 1.78. The van der Waals surface area contributed by atoms with Crippen LogP contribution in [0.4, 0.5) is 5.69 Å². The van der Waals surface area contributed by atoms with E-state index in [2.05, 4.69) is 17.3 Å². The number of hydrogen-bond acceptors (Lipinski definition) is 4. The highest BCUT2D eigenvalue weighted by atomic mass is 35.5. The zero-order chi connectivity index (χ0) is 14.9. The molecule has 2 heterocycles. The molecule has 4 nitrogen and oxygen atoms in total. The summed E-state index contributed by atoms with van der Waals surface area (Å²) in [4.78, 5) is 12.5. The number of nitrogens with one attached hydrogen (secondary N) is 1. The van der Waals surface area contributed by atoms with E-state index in [1.54, 1.807) is 10.9 Å². The highest BCUT2D eigenvalue weighted by Gasteiger charge is 2.30. The van der Waals surface area contributed by atoms with Crippen LogP contribution in [0.5, 0.6) is 0 Å². The van der Waals surface area contributed by atoms with Gasteiger partial charge in [-0.3, -0.25) is 4.79 Å². The molecule has 1 aliphatic carbocycles. The Morgan fingerprint density at radius 2 is 2.33 bits per heavy atom. The molecular weight excluding hydrogens is 306 g/mol. The molecule has 2 aliphatic rings. The molecule has 1 N–H and O–H groups in total. The number of hydrogen-bond donors (Lipinski definition) is 1. The molecule has 0 aromatic carbocycles. The van der Waals surface area contributed by atoms with Crippen LogP contribution in [0.3, 0.4) is 0 Å². The molecule has 0 amide bonds. The summed E-state index contributed by atoms with van der Waals surface area (Å²) in [6.45, 7) is 3.75. The van der Waals surface area contributed by atoms with Gasteiger partial charge in [0.25, 0.3) is 5.56 Å². The summed E-state index contributed by atoms with van der Waals surface area (Å²) in [5.41, 5.74) is 0.431. The van der Waals surface area contributed by atoms with E-state index in [-0.39, 0.29) is 10.3 Å². The quantitative estimate of drug-likeness (QED) is 0.900. The van der Waals surface area contributed by atoms with Gasteiger partial charge >= 0.3 is 0 Å². The monoisotopic (exact) mass is 327 g/mol. The third-order valence-electron chi connectivity index (χ3n) is 4.59. The second-order valence-corrected chi connectivity index (χ2v) is 8.50. The first-order valence-corrected chi connectivity index (χ1v) is 9.07. The molecular formula is C15H22ClN3OS. The van der Waals surface area contributed by atoms with Gasteiger partial charge in [-0.05, 0) is 44.3 Å². The number of anilines is 1. The van der Waals surface area contributed by atoms with Crippen molar-refractivity contribution in [1.29, 1.82) is 0 Å². The summed E-state index contributed by atoms with van der Waals surface area (Å²) in [5.74, 6) is 1.81. The van der Waals surface area contributed by atoms with E-state index in [9.17, 15) is 4.79 Å². The molecule has 1 aliphatic heterocycles. The SMILES string of the molecule is CC1(CNc2c(Cl)cnn(CC3CCC3)c2=O)CCCS1. The van der Waals surface area contributed by atoms with Crippen LogP contribution < -0.4 is 10.9 Å². The van der Waals surface area contributed by atoms with Crippen molar-refractivity contribution >= 4 is 29.1 Å². The summed E-state index contributed by atoms with van der Waals surface area (Å²) >= 11 is 8.14. The number of halogens is 1. The van der Waals surface area contributed by atoms with Crippen LogP contribution in [-0.4, -0.2) is 26.8 Å². The first-order valence-electron chi connectivity index (χ1n) is 7.71. The maximum Gasteiger partial charge on any atom is 0.291 e. The summed E-state index contributed by atoms with van der Waals surface area (Å²) in [7, 11) is 0. The molecule has 1 saturated carbocycles. The van der Waals surface area contributed by atoms with E-state index in [0.29, 0.717) is 16.6 Å². The van der Waals surface area contributed by atoms with Crippen LogP contribution in [0.25, 0.3) is 0 Å². The van der Waals surface area contributed by atoms with Crippen molar-refractivity contribution in [3.63, 3.8) is 0 Å². The highest BCUT2D eigenvalue weighted by molar-refractivity contribution is 8.00. The summed E-state index contributed by atoms with van der Waals surface area (Å²) in [5, 5.41) is 7.90. The zero-order valence-electron chi connectivity index (χ0n) is 12.4. The number of thioether (sulfide) groups is 1. The Labute approximate surface area is 134 Å². The minimum Gasteiger partial charge on any atom is -0.378 e. The van der Waals surface area contributed by atoms with Crippen molar-refractivity contribution in [2.24, 2.45) is 5.92 Å². The van der Waals surface area contributed by atoms with Gasteiger partial charge in [-0.25, -0.2) is 4.68 Å². The lowest BCUT2D eigenvalue weighted by atomic mass is 9.85. The fourth-order valence-corrected chi connectivity index (χ4v) is 4.37. The van der Waals surface area contributed by atoms with Gasteiger partial charge < -0.3 is 5.32 Å². The van der Waals surface area contributed by atoms with Crippen LogP contribution in [0.1, 0.15) is 39.0 Å². The molecule has 0 radical (unpaired) electrons. The maximum atomic E-state index is 12.5. The Kier molecular flexibility index (Phi) is 4.50. The van der Waals surface area contributed by atoms with E-state index in [1.807, 2.05) is 11.8 Å². The predicted octanol–water partition coefficient (Wildman–Crippen LogP) is 3.39. The first kappa shape index (κ1) is 15.2. The molecule has 0 spiro atoms. The average Bonchev–Trinajstić information content (AvgIpc) is 2.83. The van der Waals surface area contributed by atoms with Gasteiger partial charge in [0.05, 0.1) is 11.2 Å². The Morgan fingerprint density at radius 3 is 2.95 bits per heavy atom. The van der Waals surface area contributed by atoms with Gasteiger partial charge in [0.15, 0.2) is 0 Å². The summed E-state index contributed by atoms with van der Waals surface area (Å²) in [6.07, 6.45) is 7.70. The fraction of sp³-hybridized carbons (Fsp3) is 0.733. The molecule has 1 unspecified atom stereocenters. The normalized spacial score (nSPS) is 25.8. The Morgan fingerprint density at radius 1 is 1.52 bits per heavy atom. The van der Waals surface area contributed by atoms with Crippen LogP contribution >= 0.6 is 23.4 Å². The lowest BCUT2D eigenvalue weighted by molar-refractivity contribution is 0.262. The predicted molar refractivity (Wildman–Crippen MR) is 89.4 cm³/mol. The lowest BCUT2D eigenvalue weighted by Gasteiger charge is -2.26. The minimum atomic E-state index is -0.0824. The van der Waals surface area contributed by atoms with E-state index < -0.39 is 0 Å². The molecule has 6 heteroatoms. The van der Waals surface area contributed by atoms with Crippen molar-refractivity contribution in [3.05, 3.63) is 21.6 Å². The topological polar surface area (TPSA) is 46.9 Å². The largest absolute Gasteiger partial charge is 0.378 e. The van der Waals surface area contributed by atoms with Crippen molar-refractivity contribution in [2.45, 2.75) is 50.3 Å². The Bertz CT molecular complexity index is 565. The molecule has 1 aromatic heterocycles. The molecule has 116 valence electrons. The minimum absolute atomic E-state index is 0.0824. The molecule has 2 fully saturated rings. The van der Waals surface area contributed by atoms with Gasteiger partial charge in [0, 0.05) is 17.8 Å². The Hall–Kier alpha value is -0.680. The summed E-state index contributed by atoms with van der Waals surface area (Å²) in [6, 6.07) is 0. The lowest BCUT2D eigenvalue weighted by Crippen LogP contribution is -2.34. The van der Waals surface area contributed by atoms with Crippen LogP contribution in [-0.2, 0) is 6.54 Å². The second-order valence-electron chi connectivity index (χ2n) is 6.41. The molecule has 0 bridgehead atoms. The second kappa shape index (κ2) is 6.21. The van der Waals surface area contributed by atoms with Crippen molar-refractivity contribution in [3.8, 4) is 0 Å². The number of aromatic nitrogens is 2. The van der Waals surface area contributed by atoms with E-state index >= 15 is 0 Å². The fourth-order valence-electron chi connectivity index (χ4n) is 2.93.